The van der Waals surface area contributed by atoms with Gasteiger partial charge in [-0.3, -0.25) is 9.59 Å². The minimum Gasteiger partial charge on any atom is -0.454 e. The number of carbonyl (C=O) groups is 1. The first kappa shape index (κ1) is 22.5. The molecule has 0 saturated carbocycles. The van der Waals surface area contributed by atoms with Crippen LogP contribution in [0.5, 0.6) is 11.5 Å². The fraction of sp³-hybridized carbons (Fsp3) is 0.261. The van der Waals surface area contributed by atoms with Crippen LogP contribution in [0.1, 0.15) is 30.9 Å². The lowest BCUT2D eigenvalue weighted by molar-refractivity contribution is -0.122. The van der Waals surface area contributed by atoms with Gasteiger partial charge in [-0.1, -0.05) is 32.0 Å². The molecule has 33 heavy (non-hydrogen) atoms. The summed E-state index contributed by atoms with van der Waals surface area (Å²) in [5.74, 6) is 1.01. The summed E-state index contributed by atoms with van der Waals surface area (Å²) in [6.45, 7) is 3.96. The van der Waals surface area contributed by atoms with E-state index in [1.54, 1.807) is 30.3 Å². The van der Waals surface area contributed by atoms with E-state index in [0.29, 0.717) is 11.5 Å². The molecule has 2 aromatic carbocycles. The molecule has 0 unspecified atom stereocenters. The van der Waals surface area contributed by atoms with Gasteiger partial charge in [-0.15, -0.1) is 0 Å². The van der Waals surface area contributed by atoms with E-state index >= 15 is 0 Å². The van der Waals surface area contributed by atoms with Gasteiger partial charge in [-0.05, 0) is 47.4 Å². The molecule has 0 saturated heterocycles. The van der Waals surface area contributed by atoms with Crippen LogP contribution in [0.15, 0.2) is 69.3 Å². The van der Waals surface area contributed by atoms with Crippen molar-refractivity contribution in [1.29, 1.82) is 0 Å². The second-order valence-electron chi connectivity index (χ2n) is 7.86. The lowest BCUT2D eigenvalue weighted by Crippen LogP contribution is -2.33. The van der Waals surface area contributed by atoms with Crippen molar-refractivity contribution in [3.63, 3.8) is 0 Å². The Labute approximate surface area is 190 Å². The topological polar surface area (TPSA) is 117 Å². The zero-order chi connectivity index (χ0) is 23.6. The molecule has 0 bridgehead atoms. The van der Waals surface area contributed by atoms with E-state index in [-0.39, 0.29) is 29.2 Å². The van der Waals surface area contributed by atoms with Gasteiger partial charge >= 0.3 is 0 Å². The number of aromatic nitrogens is 2. The molecule has 1 N–H and O–H groups in total. The van der Waals surface area contributed by atoms with Crippen LogP contribution in [0, 0.1) is 0 Å². The molecule has 0 spiro atoms. The molecule has 0 fully saturated rings. The van der Waals surface area contributed by atoms with Gasteiger partial charge < -0.3 is 14.8 Å². The number of rotatable bonds is 7. The standard InChI is InChI=1S/C23H23N3O6S/c1-15(2)17-4-6-18(7-5-17)33(29,30)22-9-10-23(28)26(25-22)13-21(27)24-12-16-3-8-19-20(11-16)32-14-31-19/h3-11,15H,12-14H2,1-2H3,(H,24,27). The van der Waals surface area contributed by atoms with E-state index in [1.165, 1.54) is 12.1 Å². The Bertz CT molecular complexity index is 1350. The summed E-state index contributed by atoms with van der Waals surface area (Å²) in [5.41, 5.74) is 1.21. The average molecular weight is 470 g/mol. The third-order valence-electron chi connectivity index (χ3n) is 5.19. The van der Waals surface area contributed by atoms with Crippen LogP contribution in [-0.2, 0) is 27.7 Å². The van der Waals surface area contributed by atoms with Crippen LogP contribution in [0.2, 0.25) is 0 Å². The summed E-state index contributed by atoms with van der Waals surface area (Å²) >= 11 is 0. The van der Waals surface area contributed by atoms with Crippen LogP contribution in [0.25, 0.3) is 0 Å². The van der Waals surface area contributed by atoms with Crippen LogP contribution in [-0.4, -0.2) is 30.9 Å². The van der Waals surface area contributed by atoms with Crippen molar-refractivity contribution in [2.75, 3.05) is 6.79 Å². The summed E-state index contributed by atoms with van der Waals surface area (Å²) in [6, 6.07) is 14.1. The molecule has 1 aromatic heterocycles. The molecule has 10 heteroatoms. The molecule has 1 aliphatic rings. The smallest absolute Gasteiger partial charge is 0.267 e. The van der Waals surface area contributed by atoms with E-state index in [4.69, 9.17) is 9.47 Å². The van der Waals surface area contributed by atoms with Crippen molar-refractivity contribution < 1.29 is 22.7 Å². The molecule has 1 aliphatic heterocycles. The number of carbonyl (C=O) groups excluding carboxylic acids is 1. The molecule has 4 rings (SSSR count). The lowest BCUT2D eigenvalue weighted by Gasteiger charge is -2.10. The number of ether oxygens (including phenoxy) is 2. The zero-order valence-electron chi connectivity index (χ0n) is 18.1. The lowest BCUT2D eigenvalue weighted by atomic mass is 10.0. The highest BCUT2D eigenvalue weighted by Crippen LogP contribution is 2.32. The van der Waals surface area contributed by atoms with Crippen molar-refractivity contribution in [3.05, 3.63) is 76.1 Å². The Balaban J connectivity index is 1.47. The maximum atomic E-state index is 13.0. The van der Waals surface area contributed by atoms with Crippen molar-refractivity contribution in [2.24, 2.45) is 0 Å². The molecule has 2 heterocycles. The molecule has 0 atom stereocenters. The van der Waals surface area contributed by atoms with Gasteiger partial charge in [0.15, 0.2) is 16.5 Å². The molecular weight excluding hydrogens is 446 g/mol. The van der Waals surface area contributed by atoms with Gasteiger partial charge in [0.25, 0.3) is 5.56 Å². The van der Waals surface area contributed by atoms with E-state index in [1.807, 2.05) is 13.8 Å². The molecule has 9 nitrogen and oxygen atoms in total. The fourth-order valence-corrected chi connectivity index (χ4v) is 4.47. The number of hydrogen-bond donors (Lipinski definition) is 1. The van der Waals surface area contributed by atoms with Gasteiger partial charge in [-0.2, -0.15) is 5.10 Å². The minimum absolute atomic E-state index is 0.0665. The SMILES string of the molecule is CC(C)c1ccc(S(=O)(=O)c2ccc(=O)n(CC(=O)NCc3ccc4c(c3)OCO4)n2)cc1. The maximum absolute atomic E-state index is 13.0. The molecule has 0 aliphatic carbocycles. The zero-order valence-corrected chi connectivity index (χ0v) is 19.0. The third-order valence-corrected chi connectivity index (χ3v) is 6.86. The quantitative estimate of drug-likeness (QED) is 0.564. The highest BCUT2D eigenvalue weighted by Gasteiger charge is 2.21. The first-order chi connectivity index (χ1) is 15.7. The van der Waals surface area contributed by atoms with Gasteiger partial charge in [-0.25, -0.2) is 13.1 Å². The number of hydrogen-bond acceptors (Lipinski definition) is 7. The predicted octanol–water partition coefficient (Wildman–Crippen LogP) is 2.24. The second-order valence-corrected chi connectivity index (χ2v) is 9.76. The highest BCUT2D eigenvalue weighted by atomic mass is 32.2. The monoisotopic (exact) mass is 469 g/mol. The molecular formula is C23H23N3O6S. The van der Waals surface area contributed by atoms with Crippen molar-refractivity contribution in [2.45, 2.75) is 42.8 Å². The van der Waals surface area contributed by atoms with E-state index < -0.39 is 27.8 Å². The molecule has 1 amide bonds. The Morgan fingerprint density at radius 3 is 2.52 bits per heavy atom. The van der Waals surface area contributed by atoms with Gasteiger partial charge in [0.05, 0.1) is 4.90 Å². The predicted molar refractivity (Wildman–Crippen MR) is 119 cm³/mol. The average Bonchev–Trinajstić information content (AvgIpc) is 3.27. The summed E-state index contributed by atoms with van der Waals surface area (Å²) in [5, 5.41) is 6.32. The van der Waals surface area contributed by atoms with E-state index in [9.17, 15) is 18.0 Å². The minimum atomic E-state index is -3.95. The number of amides is 1. The number of nitrogens with one attached hydrogen (secondary N) is 1. The van der Waals surface area contributed by atoms with Crippen LogP contribution < -0.4 is 20.3 Å². The Hall–Kier alpha value is -3.66. The van der Waals surface area contributed by atoms with Crippen molar-refractivity contribution in [1.82, 2.24) is 15.1 Å². The summed E-state index contributed by atoms with van der Waals surface area (Å²) in [7, 11) is -3.95. The number of nitrogens with zero attached hydrogens (tertiary/aromatic N) is 2. The van der Waals surface area contributed by atoms with Gasteiger partial charge in [0, 0.05) is 12.6 Å². The summed E-state index contributed by atoms with van der Waals surface area (Å²) in [6.07, 6.45) is 0. The molecule has 3 aromatic rings. The maximum Gasteiger partial charge on any atom is 0.267 e. The van der Waals surface area contributed by atoms with Gasteiger partial charge in [0.1, 0.15) is 6.54 Å². The number of sulfone groups is 1. The van der Waals surface area contributed by atoms with Crippen LogP contribution in [0.4, 0.5) is 0 Å². The molecule has 172 valence electrons. The van der Waals surface area contributed by atoms with E-state index in [0.717, 1.165) is 27.9 Å². The van der Waals surface area contributed by atoms with Crippen LogP contribution >= 0.6 is 0 Å². The van der Waals surface area contributed by atoms with Crippen molar-refractivity contribution >= 4 is 15.7 Å². The Morgan fingerprint density at radius 1 is 1.06 bits per heavy atom. The second kappa shape index (κ2) is 9.07. The summed E-state index contributed by atoms with van der Waals surface area (Å²) in [4.78, 5) is 24.6. The van der Waals surface area contributed by atoms with Crippen molar-refractivity contribution in [3.8, 4) is 11.5 Å². The van der Waals surface area contributed by atoms with E-state index in [2.05, 4.69) is 10.4 Å². The largest absolute Gasteiger partial charge is 0.454 e. The first-order valence-corrected chi connectivity index (χ1v) is 11.8. The Kier molecular flexibility index (Phi) is 6.19. The third kappa shape index (κ3) is 4.90. The first-order valence-electron chi connectivity index (χ1n) is 10.3. The van der Waals surface area contributed by atoms with Crippen LogP contribution in [0.3, 0.4) is 0 Å². The number of fused-ring (bicyclic) bond motifs is 1. The fourth-order valence-electron chi connectivity index (χ4n) is 3.28. The van der Waals surface area contributed by atoms with Gasteiger partial charge in [0.2, 0.25) is 22.5 Å². The highest BCUT2D eigenvalue weighted by molar-refractivity contribution is 7.91. The Morgan fingerprint density at radius 2 is 1.79 bits per heavy atom. The normalized spacial score (nSPS) is 12.7. The summed E-state index contributed by atoms with van der Waals surface area (Å²) < 4.78 is 37.3. The molecule has 0 radical (unpaired) electrons. The number of benzene rings is 2.